The molecule has 3 rings (SSSR count). The summed E-state index contributed by atoms with van der Waals surface area (Å²) < 4.78 is 0. The summed E-state index contributed by atoms with van der Waals surface area (Å²) in [5.74, 6) is -0.167. The second kappa shape index (κ2) is 6.51. The van der Waals surface area contributed by atoms with Crippen LogP contribution in [0.5, 0.6) is 0 Å². The monoisotopic (exact) mass is 300 g/mol. The highest BCUT2D eigenvalue weighted by atomic mass is 16.2. The Labute approximate surface area is 131 Å². The normalized spacial score (nSPS) is 24.0. The molecular weight excluding hydrogens is 276 g/mol. The zero-order chi connectivity index (χ0) is 15.5. The number of benzene rings is 1. The molecule has 1 aromatic rings. The molecule has 2 saturated carbocycles. The predicted octanol–water partition coefficient (Wildman–Crippen LogP) is 2.31. The smallest absolute Gasteiger partial charge is 0.224 e. The first-order chi connectivity index (χ1) is 10.6. The van der Waals surface area contributed by atoms with E-state index < -0.39 is 0 Å². The van der Waals surface area contributed by atoms with Crippen LogP contribution in [0.15, 0.2) is 24.3 Å². The van der Waals surface area contributed by atoms with Gasteiger partial charge in [0, 0.05) is 12.6 Å². The van der Waals surface area contributed by atoms with Crippen LogP contribution in [0.3, 0.4) is 0 Å². The standard InChI is InChI=1S/C18H24N2O2/c1-12-5-4-6-13(9-12)11-19-17(21)15-10-16(15)18(22)20-14-7-2-3-8-14/h4-6,9,14-16H,2-3,7-8,10-11H2,1H3,(H,19,21)(H,20,22). The van der Waals surface area contributed by atoms with E-state index in [1.54, 1.807) is 0 Å². The van der Waals surface area contributed by atoms with Crippen molar-refractivity contribution in [2.45, 2.75) is 51.6 Å². The molecular formula is C18H24N2O2. The molecule has 0 spiro atoms. The number of hydrogen-bond acceptors (Lipinski definition) is 2. The average Bonchev–Trinajstić information content (AvgIpc) is 3.16. The minimum Gasteiger partial charge on any atom is -0.353 e. The first kappa shape index (κ1) is 15.1. The van der Waals surface area contributed by atoms with E-state index in [2.05, 4.69) is 16.7 Å². The maximum Gasteiger partial charge on any atom is 0.224 e. The third kappa shape index (κ3) is 3.67. The second-order valence-electron chi connectivity index (χ2n) is 6.65. The Morgan fingerprint density at radius 3 is 2.59 bits per heavy atom. The lowest BCUT2D eigenvalue weighted by Gasteiger charge is -2.11. The summed E-state index contributed by atoms with van der Waals surface area (Å²) in [4.78, 5) is 24.2. The third-order valence-corrected chi connectivity index (χ3v) is 4.71. The first-order valence-electron chi connectivity index (χ1n) is 8.27. The summed E-state index contributed by atoms with van der Waals surface area (Å²) in [6, 6.07) is 8.44. The summed E-state index contributed by atoms with van der Waals surface area (Å²) >= 11 is 0. The number of nitrogens with one attached hydrogen (secondary N) is 2. The maximum atomic E-state index is 12.1. The Morgan fingerprint density at radius 2 is 1.86 bits per heavy atom. The summed E-state index contributed by atoms with van der Waals surface area (Å²) in [6.45, 7) is 2.57. The molecule has 4 heteroatoms. The SMILES string of the molecule is Cc1cccc(CNC(=O)C2CC2C(=O)NC2CCCC2)c1. The number of aryl methyl sites for hydroxylation is 1. The van der Waals surface area contributed by atoms with Crippen LogP contribution in [0.4, 0.5) is 0 Å². The van der Waals surface area contributed by atoms with Crippen molar-refractivity contribution in [1.29, 1.82) is 0 Å². The molecule has 0 saturated heterocycles. The van der Waals surface area contributed by atoms with Crippen molar-refractivity contribution >= 4 is 11.8 Å². The molecule has 1 aromatic carbocycles. The Kier molecular flexibility index (Phi) is 4.46. The van der Waals surface area contributed by atoms with Gasteiger partial charge in [-0.25, -0.2) is 0 Å². The van der Waals surface area contributed by atoms with Gasteiger partial charge in [-0.05, 0) is 31.7 Å². The number of carbonyl (C=O) groups is 2. The third-order valence-electron chi connectivity index (χ3n) is 4.71. The van der Waals surface area contributed by atoms with E-state index in [1.165, 1.54) is 18.4 Å². The van der Waals surface area contributed by atoms with E-state index in [1.807, 2.05) is 25.1 Å². The molecule has 2 amide bonds. The van der Waals surface area contributed by atoms with Gasteiger partial charge in [-0.2, -0.15) is 0 Å². The van der Waals surface area contributed by atoms with Crippen LogP contribution in [-0.2, 0) is 16.1 Å². The molecule has 22 heavy (non-hydrogen) atoms. The molecule has 2 aliphatic carbocycles. The summed E-state index contributed by atoms with van der Waals surface area (Å²) in [5, 5.41) is 6.04. The van der Waals surface area contributed by atoms with Crippen molar-refractivity contribution in [3.8, 4) is 0 Å². The summed E-state index contributed by atoms with van der Waals surface area (Å²) in [6.07, 6.45) is 5.27. The Bertz CT molecular complexity index is 564. The molecule has 2 aliphatic rings. The highest BCUT2D eigenvalue weighted by Gasteiger charge is 2.48. The number of amides is 2. The summed E-state index contributed by atoms with van der Waals surface area (Å²) in [7, 11) is 0. The van der Waals surface area contributed by atoms with Gasteiger partial charge in [0.2, 0.25) is 11.8 Å². The molecule has 0 radical (unpaired) electrons. The van der Waals surface area contributed by atoms with E-state index in [4.69, 9.17) is 0 Å². The molecule has 0 bridgehead atoms. The highest BCUT2D eigenvalue weighted by Crippen LogP contribution is 2.39. The molecule has 118 valence electrons. The second-order valence-corrected chi connectivity index (χ2v) is 6.65. The van der Waals surface area contributed by atoms with Gasteiger partial charge in [0.25, 0.3) is 0 Å². The summed E-state index contributed by atoms with van der Waals surface area (Å²) in [5.41, 5.74) is 2.29. The molecule has 2 unspecified atom stereocenters. The zero-order valence-electron chi connectivity index (χ0n) is 13.1. The van der Waals surface area contributed by atoms with Gasteiger partial charge < -0.3 is 10.6 Å². The lowest BCUT2D eigenvalue weighted by molar-refractivity contribution is -0.127. The van der Waals surface area contributed by atoms with Gasteiger partial charge in [-0.3, -0.25) is 9.59 Å². The van der Waals surface area contributed by atoms with Crippen LogP contribution < -0.4 is 10.6 Å². The Balaban J connectivity index is 1.43. The van der Waals surface area contributed by atoms with Crippen LogP contribution >= 0.6 is 0 Å². The van der Waals surface area contributed by atoms with Crippen LogP contribution in [0, 0.1) is 18.8 Å². The van der Waals surface area contributed by atoms with Crippen LogP contribution in [0.25, 0.3) is 0 Å². The zero-order valence-corrected chi connectivity index (χ0v) is 13.1. The number of rotatable bonds is 5. The van der Waals surface area contributed by atoms with Gasteiger partial charge in [0.15, 0.2) is 0 Å². The van der Waals surface area contributed by atoms with Crippen LogP contribution in [-0.4, -0.2) is 17.9 Å². The fraction of sp³-hybridized carbons (Fsp3) is 0.556. The van der Waals surface area contributed by atoms with Crippen molar-refractivity contribution in [3.05, 3.63) is 35.4 Å². The fourth-order valence-electron chi connectivity index (χ4n) is 3.30. The van der Waals surface area contributed by atoms with Gasteiger partial charge in [0.05, 0.1) is 11.8 Å². The van der Waals surface area contributed by atoms with E-state index >= 15 is 0 Å². The molecule has 4 nitrogen and oxygen atoms in total. The van der Waals surface area contributed by atoms with E-state index in [0.29, 0.717) is 19.0 Å². The lowest BCUT2D eigenvalue weighted by atomic mass is 10.1. The highest BCUT2D eigenvalue weighted by molar-refractivity contribution is 5.92. The minimum absolute atomic E-state index is 0.00748. The van der Waals surface area contributed by atoms with E-state index in [-0.39, 0.29) is 23.7 Å². The number of carbonyl (C=O) groups excluding carboxylic acids is 2. The van der Waals surface area contributed by atoms with E-state index in [9.17, 15) is 9.59 Å². The molecule has 0 heterocycles. The topological polar surface area (TPSA) is 58.2 Å². The average molecular weight is 300 g/mol. The number of hydrogen-bond donors (Lipinski definition) is 2. The van der Waals surface area contributed by atoms with Crippen LogP contribution in [0.2, 0.25) is 0 Å². The van der Waals surface area contributed by atoms with Crippen molar-refractivity contribution in [2.75, 3.05) is 0 Å². The van der Waals surface area contributed by atoms with Gasteiger partial charge in [-0.15, -0.1) is 0 Å². The molecule has 0 aliphatic heterocycles. The first-order valence-corrected chi connectivity index (χ1v) is 8.27. The quantitative estimate of drug-likeness (QED) is 0.876. The molecule has 0 aromatic heterocycles. The predicted molar refractivity (Wildman–Crippen MR) is 85.0 cm³/mol. The largest absolute Gasteiger partial charge is 0.353 e. The van der Waals surface area contributed by atoms with Gasteiger partial charge >= 0.3 is 0 Å². The van der Waals surface area contributed by atoms with Crippen molar-refractivity contribution in [1.82, 2.24) is 10.6 Å². The molecule has 2 fully saturated rings. The van der Waals surface area contributed by atoms with Gasteiger partial charge in [-0.1, -0.05) is 42.7 Å². The fourth-order valence-corrected chi connectivity index (χ4v) is 3.30. The van der Waals surface area contributed by atoms with Gasteiger partial charge in [0.1, 0.15) is 0 Å². The minimum atomic E-state index is -0.133. The van der Waals surface area contributed by atoms with Crippen molar-refractivity contribution < 1.29 is 9.59 Å². The van der Waals surface area contributed by atoms with E-state index in [0.717, 1.165) is 18.4 Å². The van der Waals surface area contributed by atoms with Crippen molar-refractivity contribution in [2.24, 2.45) is 11.8 Å². The molecule has 2 atom stereocenters. The lowest BCUT2D eigenvalue weighted by Crippen LogP contribution is -2.35. The molecule has 2 N–H and O–H groups in total. The maximum absolute atomic E-state index is 12.1. The Hall–Kier alpha value is -1.84. The van der Waals surface area contributed by atoms with Crippen LogP contribution in [0.1, 0.15) is 43.2 Å². The van der Waals surface area contributed by atoms with Crippen molar-refractivity contribution in [3.63, 3.8) is 0 Å². The Morgan fingerprint density at radius 1 is 1.14 bits per heavy atom.